The van der Waals surface area contributed by atoms with E-state index in [1.807, 2.05) is 13.0 Å². The van der Waals surface area contributed by atoms with Crippen LogP contribution in [-0.4, -0.2) is 19.9 Å². The van der Waals surface area contributed by atoms with Gasteiger partial charge in [0.05, 0.1) is 11.3 Å². The summed E-state index contributed by atoms with van der Waals surface area (Å²) in [4.78, 5) is 15.4. The maximum absolute atomic E-state index is 14.4. The van der Waals surface area contributed by atoms with Crippen LogP contribution in [0.25, 0.3) is 0 Å². The molecule has 6 heteroatoms. The van der Waals surface area contributed by atoms with E-state index in [1.54, 1.807) is 30.7 Å². The number of aromatic nitrogens is 4. The highest BCUT2D eigenvalue weighted by molar-refractivity contribution is 6.30. The molecular weight excluding hydrogens is 303 g/mol. The SMILES string of the molecule is Cc1cc(CC(c2cnc[nH]2)c2cccc(Cl)c2F)ncn1. The molecule has 0 fully saturated rings. The zero-order chi connectivity index (χ0) is 15.5. The van der Waals surface area contributed by atoms with E-state index in [1.165, 1.54) is 6.33 Å². The molecule has 1 aromatic carbocycles. The number of H-pyrrole nitrogens is 1. The van der Waals surface area contributed by atoms with Crippen molar-refractivity contribution >= 4 is 11.6 Å². The second-order valence-electron chi connectivity index (χ2n) is 5.06. The van der Waals surface area contributed by atoms with Gasteiger partial charge in [-0.1, -0.05) is 23.7 Å². The van der Waals surface area contributed by atoms with Gasteiger partial charge in [0.1, 0.15) is 12.1 Å². The Hall–Kier alpha value is -2.27. The minimum Gasteiger partial charge on any atom is -0.348 e. The number of hydrogen-bond acceptors (Lipinski definition) is 3. The highest BCUT2D eigenvalue weighted by Crippen LogP contribution is 2.31. The maximum atomic E-state index is 14.4. The first kappa shape index (κ1) is 14.7. The zero-order valence-corrected chi connectivity index (χ0v) is 12.7. The molecule has 0 saturated heterocycles. The number of aryl methyl sites for hydroxylation is 1. The maximum Gasteiger partial charge on any atom is 0.145 e. The lowest BCUT2D eigenvalue weighted by Gasteiger charge is -2.17. The van der Waals surface area contributed by atoms with E-state index in [-0.39, 0.29) is 10.9 Å². The van der Waals surface area contributed by atoms with Crippen molar-refractivity contribution in [2.45, 2.75) is 19.3 Å². The van der Waals surface area contributed by atoms with Crippen LogP contribution in [0.5, 0.6) is 0 Å². The van der Waals surface area contributed by atoms with Crippen molar-refractivity contribution < 1.29 is 4.39 Å². The van der Waals surface area contributed by atoms with Crippen LogP contribution in [0, 0.1) is 12.7 Å². The monoisotopic (exact) mass is 316 g/mol. The van der Waals surface area contributed by atoms with Crippen molar-refractivity contribution in [1.82, 2.24) is 19.9 Å². The standard InChI is InChI=1S/C16H14ClFN4/c1-10-5-11(21-9-20-10)6-13(15-7-19-8-22-15)12-3-2-4-14(17)16(12)18/h2-5,7-9,13H,6H2,1H3,(H,19,22). The summed E-state index contributed by atoms with van der Waals surface area (Å²) >= 11 is 5.92. The summed E-state index contributed by atoms with van der Waals surface area (Å²) in [5, 5.41) is 0.112. The van der Waals surface area contributed by atoms with Crippen LogP contribution in [-0.2, 0) is 6.42 Å². The van der Waals surface area contributed by atoms with E-state index in [0.29, 0.717) is 12.0 Å². The summed E-state index contributed by atoms with van der Waals surface area (Å²) in [6.45, 7) is 1.90. The fourth-order valence-corrected chi connectivity index (χ4v) is 2.65. The van der Waals surface area contributed by atoms with Gasteiger partial charge in [0.15, 0.2) is 0 Å². The molecule has 1 unspecified atom stereocenters. The van der Waals surface area contributed by atoms with Crippen LogP contribution < -0.4 is 0 Å². The molecule has 0 saturated carbocycles. The third kappa shape index (κ3) is 2.99. The Morgan fingerprint density at radius 2 is 2.18 bits per heavy atom. The predicted octanol–water partition coefficient (Wildman–Crippen LogP) is 3.68. The minimum absolute atomic E-state index is 0.112. The van der Waals surface area contributed by atoms with Gasteiger partial charge in [0, 0.05) is 35.6 Å². The lowest BCUT2D eigenvalue weighted by atomic mass is 9.91. The highest BCUT2D eigenvalue weighted by Gasteiger charge is 2.21. The summed E-state index contributed by atoms with van der Waals surface area (Å²) in [6, 6.07) is 6.92. The van der Waals surface area contributed by atoms with Crippen molar-refractivity contribution in [2.75, 3.05) is 0 Å². The molecule has 0 amide bonds. The molecule has 3 aromatic rings. The fourth-order valence-electron chi connectivity index (χ4n) is 2.46. The number of rotatable bonds is 4. The number of halogens is 2. The summed E-state index contributed by atoms with van der Waals surface area (Å²) in [5.74, 6) is -0.648. The Kier molecular flexibility index (Phi) is 4.15. The number of aromatic amines is 1. The van der Waals surface area contributed by atoms with E-state index in [4.69, 9.17) is 11.6 Å². The van der Waals surface area contributed by atoms with E-state index < -0.39 is 5.82 Å². The van der Waals surface area contributed by atoms with E-state index in [0.717, 1.165) is 17.1 Å². The predicted molar refractivity (Wildman–Crippen MR) is 82.3 cm³/mol. The van der Waals surface area contributed by atoms with Crippen LogP contribution in [0.1, 0.15) is 28.6 Å². The Morgan fingerprint density at radius 1 is 1.32 bits per heavy atom. The van der Waals surface area contributed by atoms with Gasteiger partial charge in [-0.3, -0.25) is 0 Å². The third-order valence-electron chi connectivity index (χ3n) is 3.53. The molecule has 0 aliphatic carbocycles. The zero-order valence-electron chi connectivity index (χ0n) is 11.9. The van der Waals surface area contributed by atoms with E-state index in [2.05, 4.69) is 19.9 Å². The Morgan fingerprint density at radius 3 is 2.91 bits per heavy atom. The lowest BCUT2D eigenvalue weighted by molar-refractivity contribution is 0.591. The van der Waals surface area contributed by atoms with Gasteiger partial charge in [0.25, 0.3) is 0 Å². The van der Waals surface area contributed by atoms with Gasteiger partial charge >= 0.3 is 0 Å². The molecule has 1 atom stereocenters. The molecule has 4 nitrogen and oxygen atoms in total. The number of imidazole rings is 1. The largest absolute Gasteiger partial charge is 0.348 e. The molecule has 0 bridgehead atoms. The topological polar surface area (TPSA) is 54.5 Å². The third-order valence-corrected chi connectivity index (χ3v) is 3.82. The first-order valence-electron chi connectivity index (χ1n) is 6.85. The Balaban J connectivity index is 2.03. The molecule has 0 spiro atoms. The van der Waals surface area contributed by atoms with Crippen LogP contribution in [0.2, 0.25) is 5.02 Å². The molecule has 2 aromatic heterocycles. The number of hydrogen-bond donors (Lipinski definition) is 1. The van der Waals surface area contributed by atoms with Crippen molar-refractivity contribution in [3.05, 3.63) is 76.6 Å². The number of benzene rings is 1. The Bertz CT molecular complexity index is 774. The average Bonchev–Trinajstić information content (AvgIpc) is 3.02. The molecule has 112 valence electrons. The van der Waals surface area contributed by atoms with Gasteiger partial charge in [-0.05, 0) is 24.6 Å². The molecule has 22 heavy (non-hydrogen) atoms. The average molecular weight is 317 g/mol. The first-order valence-corrected chi connectivity index (χ1v) is 7.22. The van der Waals surface area contributed by atoms with Crippen molar-refractivity contribution in [1.29, 1.82) is 0 Å². The van der Waals surface area contributed by atoms with Gasteiger partial charge in [-0.15, -0.1) is 0 Å². The smallest absolute Gasteiger partial charge is 0.145 e. The van der Waals surface area contributed by atoms with Crippen LogP contribution in [0.15, 0.2) is 43.1 Å². The summed E-state index contributed by atoms with van der Waals surface area (Å²) in [5.41, 5.74) is 3.05. The van der Waals surface area contributed by atoms with Crippen molar-refractivity contribution in [3.8, 4) is 0 Å². The molecule has 3 rings (SSSR count). The summed E-state index contributed by atoms with van der Waals surface area (Å²) < 4.78 is 14.4. The van der Waals surface area contributed by atoms with Gasteiger partial charge in [-0.25, -0.2) is 19.3 Å². The Labute approximate surface area is 132 Å². The fraction of sp³-hybridized carbons (Fsp3) is 0.188. The van der Waals surface area contributed by atoms with Crippen LogP contribution >= 0.6 is 11.6 Å². The summed E-state index contributed by atoms with van der Waals surface area (Å²) in [6.07, 6.45) is 5.32. The molecule has 0 aliphatic rings. The lowest BCUT2D eigenvalue weighted by Crippen LogP contribution is -2.09. The summed E-state index contributed by atoms with van der Waals surface area (Å²) in [7, 11) is 0. The molecular formula is C16H14ClFN4. The van der Waals surface area contributed by atoms with Crippen molar-refractivity contribution in [2.24, 2.45) is 0 Å². The molecule has 0 radical (unpaired) electrons. The van der Waals surface area contributed by atoms with Gasteiger partial charge in [-0.2, -0.15) is 0 Å². The first-order chi connectivity index (χ1) is 10.6. The normalized spacial score (nSPS) is 12.3. The van der Waals surface area contributed by atoms with Gasteiger partial charge < -0.3 is 4.98 Å². The quantitative estimate of drug-likeness (QED) is 0.799. The molecule has 0 aliphatic heterocycles. The number of nitrogens with zero attached hydrogens (tertiary/aromatic N) is 3. The van der Waals surface area contributed by atoms with Crippen LogP contribution in [0.3, 0.4) is 0 Å². The highest BCUT2D eigenvalue weighted by atomic mass is 35.5. The number of nitrogens with one attached hydrogen (secondary N) is 1. The van der Waals surface area contributed by atoms with Crippen LogP contribution in [0.4, 0.5) is 4.39 Å². The second-order valence-corrected chi connectivity index (χ2v) is 5.46. The minimum atomic E-state index is -0.408. The molecule has 2 heterocycles. The molecule has 1 N–H and O–H groups in total. The second kappa shape index (κ2) is 6.23. The van der Waals surface area contributed by atoms with E-state index in [9.17, 15) is 4.39 Å². The van der Waals surface area contributed by atoms with Crippen molar-refractivity contribution in [3.63, 3.8) is 0 Å². The van der Waals surface area contributed by atoms with Gasteiger partial charge in [0.2, 0.25) is 0 Å². The van der Waals surface area contributed by atoms with E-state index >= 15 is 0 Å².